The molecule has 0 bridgehead atoms. The number of nitrogens with zero attached hydrogens (tertiary/aromatic N) is 1. The molecule has 92 valence electrons. The predicted molar refractivity (Wildman–Crippen MR) is 72.8 cm³/mol. The van der Waals surface area contributed by atoms with E-state index in [-0.39, 0.29) is 5.78 Å². The number of aryl methyl sites for hydroxylation is 1. The van der Waals surface area contributed by atoms with Gasteiger partial charge in [0, 0.05) is 30.3 Å². The number of rotatable bonds is 4. The van der Waals surface area contributed by atoms with Gasteiger partial charge in [-0.05, 0) is 35.7 Å². The van der Waals surface area contributed by atoms with Gasteiger partial charge in [-0.3, -0.25) is 9.78 Å². The summed E-state index contributed by atoms with van der Waals surface area (Å²) in [5.74, 6) is 0.147. The van der Waals surface area contributed by atoms with E-state index < -0.39 is 0 Å². The number of pyridine rings is 1. The number of carbonyl (C=O) groups is 1. The molecule has 18 heavy (non-hydrogen) atoms. The van der Waals surface area contributed by atoms with E-state index >= 15 is 0 Å². The molecule has 3 heteroatoms. The van der Waals surface area contributed by atoms with Crippen molar-refractivity contribution in [3.8, 4) is 0 Å². The molecule has 0 spiro atoms. The van der Waals surface area contributed by atoms with Crippen molar-refractivity contribution in [3.05, 3.63) is 64.4 Å². The number of hydrogen-bond acceptors (Lipinski definition) is 2. The molecule has 1 aromatic carbocycles. The van der Waals surface area contributed by atoms with Gasteiger partial charge in [-0.2, -0.15) is 0 Å². The van der Waals surface area contributed by atoms with Crippen molar-refractivity contribution >= 4 is 17.4 Å². The molecular formula is C15H14ClNO. The van der Waals surface area contributed by atoms with E-state index in [2.05, 4.69) is 4.98 Å². The average Bonchev–Trinajstić information content (AvgIpc) is 2.34. The second kappa shape index (κ2) is 5.78. The first-order valence-corrected chi connectivity index (χ1v) is 6.18. The maximum Gasteiger partial charge on any atom is 0.141 e. The Hall–Kier alpha value is -1.67. The average molecular weight is 260 g/mol. The molecule has 0 N–H and O–H groups in total. The van der Waals surface area contributed by atoms with E-state index in [1.165, 1.54) is 0 Å². The molecule has 0 saturated heterocycles. The van der Waals surface area contributed by atoms with Crippen molar-refractivity contribution in [1.82, 2.24) is 4.98 Å². The first kappa shape index (κ1) is 12.8. The molecule has 0 atom stereocenters. The van der Waals surface area contributed by atoms with Crippen LogP contribution < -0.4 is 0 Å². The Bertz CT molecular complexity index is 552. The van der Waals surface area contributed by atoms with E-state index in [1.54, 1.807) is 12.4 Å². The molecule has 0 aliphatic carbocycles. The minimum absolute atomic E-state index is 0.147. The number of halogens is 1. The fourth-order valence-corrected chi connectivity index (χ4v) is 2.10. The third-order valence-electron chi connectivity index (χ3n) is 2.72. The molecule has 2 nitrogen and oxygen atoms in total. The Labute approximate surface area is 112 Å². The molecule has 0 unspecified atom stereocenters. The van der Waals surface area contributed by atoms with E-state index in [4.69, 9.17) is 11.6 Å². The maximum absolute atomic E-state index is 11.9. The van der Waals surface area contributed by atoms with Crippen molar-refractivity contribution in [2.75, 3.05) is 0 Å². The Kier molecular flexibility index (Phi) is 4.11. The monoisotopic (exact) mass is 259 g/mol. The number of ketones is 1. The number of carbonyl (C=O) groups excluding carboxylic acids is 1. The van der Waals surface area contributed by atoms with Gasteiger partial charge in [0.2, 0.25) is 0 Å². The second-order valence-corrected chi connectivity index (χ2v) is 4.76. The lowest BCUT2D eigenvalue weighted by atomic mass is 10.0. The third kappa shape index (κ3) is 3.41. The number of hydrogen-bond donors (Lipinski definition) is 0. The first-order valence-electron chi connectivity index (χ1n) is 5.81. The fourth-order valence-electron chi connectivity index (χ4n) is 1.80. The Morgan fingerprint density at radius 1 is 1.28 bits per heavy atom. The van der Waals surface area contributed by atoms with Crippen LogP contribution in [0.25, 0.3) is 0 Å². The lowest BCUT2D eigenvalue weighted by Crippen LogP contribution is -2.07. The normalized spacial score (nSPS) is 10.3. The van der Waals surface area contributed by atoms with Gasteiger partial charge in [-0.25, -0.2) is 0 Å². The van der Waals surface area contributed by atoms with Crippen molar-refractivity contribution in [2.24, 2.45) is 0 Å². The van der Waals surface area contributed by atoms with Gasteiger partial charge < -0.3 is 0 Å². The summed E-state index contributed by atoms with van der Waals surface area (Å²) in [6.45, 7) is 1.98. The summed E-state index contributed by atoms with van der Waals surface area (Å²) in [5, 5.41) is 0.662. The largest absolute Gasteiger partial charge is 0.299 e. The van der Waals surface area contributed by atoms with Crippen molar-refractivity contribution < 1.29 is 4.79 Å². The zero-order chi connectivity index (χ0) is 13.0. The fraction of sp³-hybridized carbons (Fsp3) is 0.200. The molecule has 2 aromatic rings. The van der Waals surface area contributed by atoms with Crippen LogP contribution in [0.1, 0.15) is 16.7 Å². The summed E-state index contributed by atoms with van der Waals surface area (Å²) in [4.78, 5) is 15.9. The Morgan fingerprint density at radius 3 is 2.78 bits per heavy atom. The molecule has 0 aliphatic rings. The molecule has 0 amide bonds. The minimum atomic E-state index is 0.147. The summed E-state index contributed by atoms with van der Waals surface area (Å²) in [7, 11) is 0. The van der Waals surface area contributed by atoms with Crippen LogP contribution in [0.4, 0.5) is 0 Å². The van der Waals surface area contributed by atoms with Crippen LogP contribution in [0.5, 0.6) is 0 Å². The van der Waals surface area contributed by atoms with Crippen molar-refractivity contribution in [1.29, 1.82) is 0 Å². The number of benzene rings is 1. The van der Waals surface area contributed by atoms with Gasteiger partial charge in [-0.15, -0.1) is 0 Å². The van der Waals surface area contributed by atoms with E-state index in [0.717, 1.165) is 16.7 Å². The molecule has 0 fully saturated rings. The first-order chi connectivity index (χ1) is 8.65. The summed E-state index contributed by atoms with van der Waals surface area (Å²) in [6, 6.07) is 9.51. The molecule has 1 aromatic heterocycles. The summed E-state index contributed by atoms with van der Waals surface area (Å²) in [5.41, 5.74) is 2.92. The highest BCUT2D eigenvalue weighted by Crippen LogP contribution is 2.18. The smallest absolute Gasteiger partial charge is 0.141 e. The van der Waals surface area contributed by atoms with Crippen molar-refractivity contribution in [3.63, 3.8) is 0 Å². The molecule has 0 aliphatic heterocycles. The van der Waals surface area contributed by atoms with Crippen LogP contribution >= 0.6 is 11.6 Å². The van der Waals surface area contributed by atoms with Gasteiger partial charge in [0.25, 0.3) is 0 Å². The zero-order valence-electron chi connectivity index (χ0n) is 10.2. The highest BCUT2D eigenvalue weighted by Gasteiger charge is 2.08. The van der Waals surface area contributed by atoms with E-state index in [1.807, 2.05) is 37.3 Å². The van der Waals surface area contributed by atoms with E-state index in [9.17, 15) is 4.79 Å². The maximum atomic E-state index is 11.9. The quantitative estimate of drug-likeness (QED) is 0.842. The summed E-state index contributed by atoms with van der Waals surface area (Å²) < 4.78 is 0. The third-order valence-corrected chi connectivity index (χ3v) is 3.07. The Morgan fingerprint density at radius 2 is 2.11 bits per heavy atom. The van der Waals surface area contributed by atoms with Gasteiger partial charge in [-0.1, -0.05) is 29.8 Å². The highest BCUT2D eigenvalue weighted by molar-refractivity contribution is 6.31. The lowest BCUT2D eigenvalue weighted by molar-refractivity contribution is -0.117. The predicted octanol–water partition coefficient (Wildman–Crippen LogP) is 3.40. The van der Waals surface area contributed by atoms with Crippen LogP contribution in [-0.2, 0) is 17.6 Å². The minimum Gasteiger partial charge on any atom is -0.299 e. The Balaban J connectivity index is 2.03. The standard InChI is InChI=1S/C15H14ClNO/c1-11-4-5-13(15(16)7-11)9-14(18)8-12-3-2-6-17-10-12/h2-7,10H,8-9H2,1H3. The SMILES string of the molecule is Cc1ccc(CC(=O)Cc2cccnc2)c(Cl)c1. The number of Topliss-reactive ketones (excluding diaryl/α,β-unsaturated/α-hetero) is 1. The van der Waals surface area contributed by atoms with Gasteiger partial charge >= 0.3 is 0 Å². The van der Waals surface area contributed by atoms with E-state index in [0.29, 0.717) is 17.9 Å². The summed E-state index contributed by atoms with van der Waals surface area (Å²) >= 11 is 6.11. The molecule has 2 rings (SSSR count). The molecule has 0 radical (unpaired) electrons. The topological polar surface area (TPSA) is 30.0 Å². The van der Waals surface area contributed by atoms with Gasteiger partial charge in [0.05, 0.1) is 0 Å². The van der Waals surface area contributed by atoms with Crippen LogP contribution in [0, 0.1) is 6.92 Å². The van der Waals surface area contributed by atoms with Crippen molar-refractivity contribution in [2.45, 2.75) is 19.8 Å². The van der Waals surface area contributed by atoms with Gasteiger partial charge in [0.15, 0.2) is 0 Å². The molecular weight excluding hydrogens is 246 g/mol. The number of aromatic nitrogens is 1. The second-order valence-electron chi connectivity index (χ2n) is 4.35. The molecule has 0 saturated carbocycles. The van der Waals surface area contributed by atoms with Crippen LogP contribution in [0.2, 0.25) is 5.02 Å². The summed E-state index contributed by atoms with van der Waals surface area (Å²) in [6.07, 6.45) is 4.19. The van der Waals surface area contributed by atoms with Crippen LogP contribution in [0.3, 0.4) is 0 Å². The van der Waals surface area contributed by atoms with Crippen LogP contribution in [0.15, 0.2) is 42.7 Å². The van der Waals surface area contributed by atoms with Crippen LogP contribution in [-0.4, -0.2) is 10.8 Å². The lowest BCUT2D eigenvalue weighted by Gasteiger charge is -2.05. The zero-order valence-corrected chi connectivity index (χ0v) is 10.9. The highest BCUT2D eigenvalue weighted by atomic mass is 35.5. The molecule has 1 heterocycles. The van der Waals surface area contributed by atoms with Gasteiger partial charge in [0.1, 0.15) is 5.78 Å².